The van der Waals surface area contributed by atoms with E-state index in [4.69, 9.17) is 21.1 Å². The fourth-order valence-electron chi connectivity index (χ4n) is 2.55. The summed E-state index contributed by atoms with van der Waals surface area (Å²) in [4.78, 5) is 12.4. The summed E-state index contributed by atoms with van der Waals surface area (Å²) in [5.41, 5.74) is 1.52. The molecule has 0 fully saturated rings. The van der Waals surface area contributed by atoms with Crippen LogP contribution in [0.15, 0.2) is 48.5 Å². The summed E-state index contributed by atoms with van der Waals surface area (Å²) in [6.45, 7) is 2.72. The van der Waals surface area contributed by atoms with Gasteiger partial charge in [-0.05, 0) is 42.3 Å². The number of benzene rings is 2. The first-order valence-electron chi connectivity index (χ1n) is 9.49. The van der Waals surface area contributed by atoms with Crippen LogP contribution in [0.5, 0.6) is 11.5 Å². The van der Waals surface area contributed by atoms with Crippen molar-refractivity contribution in [3.05, 3.63) is 64.1 Å². The van der Waals surface area contributed by atoms with Gasteiger partial charge in [-0.2, -0.15) is 0 Å². The number of nitrogens with one attached hydrogen (secondary N) is 1. The second-order valence-corrected chi connectivity index (χ2v) is 7.72. The van der Waals surface area contributed by atoms with Gasteiger partial charge in [-0.25, -0.2) is 0 Å². The summed E-state index contributed by atoms with van der Waals surface area (Å²) in [5.74, 6) is 0.991. The number of anilines is 1. The van der Waals surface area contributed by atoms with E-state index in [2.05, 4.69) is 22.4 Å². The number of hydrogen-bond acceptors (Lipinski definition) is 6. The Labute approximate surface area is 184 Å². The monoisotopic (exact) mass is 443 g/mol. The summed E-state index contributed by atoms with van der Waals surface area (Å²) in [5, 5.41) is 11.9. The lowest BCUT2D eigenvalue weighted by atomic mass is 10.2. The Bertz CT molecular complexity index is 1020. The third-order valence-corrected chi connectivity index (χ3v) is 5.45. The van der Waals surface area contributed by atoms with Crippen molar-refractivity contribution in [2.45, 2.75) is 19.8 Å². The van der Waals surface area contributed by atoms with E-state index in [0.717, 1.165) is 29.7 Å². The number of halogens is 1. The predicted molar refractivity (Wildman–Crippen MR) is 121 cm³/mol. The molecule has 3 aromatic rings. The molecule has 30 heavy (non-hydrogen) atoms. The minimum Gasteiger partial charge on any atom is -0.493 e. The van der Waals surface area contributed by atoms with Crippen LogP contribution in [0.1, 0.15) is 40.1 Å². The van der Waals surface area contributed by atoms with Crippen LogP contribution in [-0.2, 0) is 0 Å². The van der Waals surface area contributed by atoms with Crippen molar-refractivity contribution in [3.8, 4) is 11.5 Å². The number of amides is 1. The number of ether oxygens (including phenoxy) is 2. The van der Waals surface area contributed by atoms with Gasteiger partial charge in [0, 0.05) is 5.69 Å². The zero-order valence-electron chi connectivity index (χ0n) is 16.7. The lowest BCUT2D eigenvalue weighted by Gasteiger charge is -2.11. The molecule has 2 aromatic carbocycles. The quantitative estimate of drug-likeness (QED) is 0.428. The smallest absolute Gasteiger partial charge is 0.286 e. The maximum atomic E-state index is 12.4. The highest BCUT2D eigenvalue weighted by atomic mass is 35.5. The largest absolute Gasteiger partial charge is 0.493 e. The molecule has 156 valence electrons. The lowest BCUT2D eigenvalue weighted by Crippen LogP contribution is -2.11. The van der Waals surface area contributed by atoms with E-state index in [1.165, 1.54) is 0 Å². The Morgan fingerprint density at radius 1 is 1.13 bits per heavy atom. The number of hydrogen-bond donors (Lipinski definition) is 1. The number of aromatic nitrogens is 2. The zero-order chi connectivity index (χ0) is 21.3. The van der Waals surface area contributed by atoms with Crippen molar-refractivity contribution in [1.29, 1.82) is 0 Å². The molecule has 3 rings (SSSR count). The number of unbranched alkanes of at least 4 members (excludes halogenated alkanes) is 1. The van der Waals surface area contributed by atoms with Crippen molar-refractivity contribution in [2.75, 3.05) is 19.0 Å². The van der Waals surface area contributed by atoms with Gasteiger partial charge in [-0.15, -0.1) is 10.2 Å². The molecular weight excluding hydrogens is 422 g/mol. The van der Waals surface area contributed by atoms with Gasteiger partial charge in [0.15, 0.2) is 16.5 Å². The molecule has 6 nitrogen and oxygen atoms in total. The third-order valence-electron chi connectivity index (χ3n) is 4.09. The molecule has 0 unspecified atom stereocenters. The summed E-state index contributed by atoms with van der Waals surface area (Å²) in [7, 11) is 1.60. The Morgan fingerprint density at radius 2 is 1.90 bits per heavy atom. The van der Waals surface area contributed by atoms with Gasteiger partial charge in [0.2, 0.25) is 5.01 Å². The van der Waals surface area contributed by atoms with Gasteiger partial charge >= 0.3 is 0 Å². The van der Waals surface area contributed by atoms with Crippen LogP contribution in [0.2, 0.25) is 0 Å². The number of nitrogens with zero attached hydrogens (tertiary/aromatic N) is 2. The van der Waals surface area contributed by atoms with E-state index < -0.39 is 0 Å². The van der Waals surface area contributed by atoms with Crippen LogP contribution in [-0.4, -0.2) is 29.8 Å². The molecule has 0 spiro atoms. The standard InChI is InChI=1S/C22H22ClN3O3S/c1-3-4-12-29-19-14-15(10-11-18(19)28-2)13-17(23)21-25-26-22(30-21)20(27)24-16-8-6-5-7-9-16/h5-11,13-14H,3-4,12H2,1-2H3,(H,24,27)/b17-13-. The SMILES string of the molecule is CCCCOc1cc(/C=C(\Cl)c2nnc(C(=O)Nc3ccccc3)s2)ccc1OC. The lowest BCUT2D eigenvalue weighted by molar-refractivity contribution is 0.102. The molecule has 1 aromatic heterocycles. The molecule has 1 N–H and O–H groups in total. The summed E-state index contributed by atoms with van der Waals surface area (Å²) >= 11 is 7.56. The Morgan fingerprint density at radius 3 is 2.63 bits per heavy atom. The molecule has 0 saturated heterocycles. The molecule has 0 aliphatic carbocycles. The van der Waals surface area contributed by atoms with Gasteiger partial charge in [0.1, 0.15) is 0 Å². The van der Waals surface area contributed by atoms with Crippen molar-refractivity contribution in [3.63, 3.8) is 0 Å². The van der Waals surface area contributed by atoms with Gasteiger partial charge in [0.25, 0.3) is 5.91 Å². The minimum absolute atomic E-state index is 0.235. The second-order valence-electron chi connectivity index (χ2n) is 6.34. The zero-order valence-corrected chi connectivity index (χ0v) is 18.3. The normalized spacial score (nSPS) is 11.2. The molecule has 8 heteroatoms. The van der Waals surface area contributed by atoms with E-state index in [-0.39, 0.29) is 10.9 Å². The van der Waals surface area contributed by atoms with Crippen molar-refractivity contribution >= 4 is 45.6 Å². The first-order valence-corrected chi connectivity index (χ1v) is 10.7. The second kappa shape index (κ2) is 10.8. The predicted octanol–water partition coefficient (Wildman–Crippen LogP) is 5.71. The molecule has 0 bridgehead atoms. The minimum atomic E-state index is -0.328. The number of methoxy groups -OCH3 is 1. The number of rotatable bonds is 9. The van der Waals surface area contributed by atoms with E-state index in [1.807, 2.05) is 36.4 Å². The third kappa shape index (κ3) is 5.81. The fraction of sp³-hybridized carbons (Fsp3) is 0.227. The van der Waals surface area contributed by atoms with E-state index in [1.54, 1.807) is 25.3 Å². The summed E-state index contributed by atoms with van der Waals surface area (Å²) in [6, 6.07) is 14.7. The number of carbonyl (C=O) groups is 1. The molecule has 0 aliphatic heterocycles. The topological polar surface area (TPSA) is 73.3 Å². The first kappa shape index (κ1) is 21.8. The van der Waals surface area contributed by atoms with Crippen LogP contribution < -0.4 is 14.8 Å². The summed E-state index contributed by atoms with van der Waals surface area (Å²) in [6.07, 6.45) is 3.76. The van der Waals surface area contributed by atoms with E-state index >= 15 is 0 Å². The fourth-order valence-corrected chi connectivity index (χ4v) is 3.47. The maximum absolute atomic E-state index is 12.4. The van der Waals surface area contributed by atoms with E-state index in [9.17, 15) is 4.79 Å². The van der Waals surface area contributed by atoms with E-state index in [0.29, 0.717) is 33.8 Å². The van der Waals surface area contributed by atoms with Crippen molar-refractivity contribution in [2.24, 2.45) is 0 Å². The highest BCUT2D eigenvalue weighted by Gasteiger charge is 2.15. The molecule has 0 saturated carbocycles. The van der Waals surface area contributed by atoms with Crippen LogP contribution >= 0.6 is 22.9 Å². The van der Waals surface area contributed by atoms with Crippen LogP contribution in [0.3, 0.4) is 0 Å². The van der Waals surface area contributed by atoms with Gasteiger partial charge in [0.05, 0.1) is 18.7 Å². The van der Waals surface area contributed by atoms with Crippen LogP contribution in [0.25, 0.3) is 11.1 Å². The number of carbonyl (C=O) groups excluding carboxylic acids is 1. The first-order chi connectivity index (χ1) is 14.6. The highest BCUT2D eigenvalue weighted by molar-refractivity contribution is 7.15. The molecule has 1 amide bonds. The maximum Gasteiger partial charge on any atom is 0.286 e. The van der Waals surface area contributed by atoms with Crippen LogP contribution in [0.4, 0.5) is 5.69 Å². The average Bonchev–Trinajstić information content (AvgIpc) is 3.26. The molecular formula is C22H22ClN3O3S. The highest BCUT2D eigenvalue weighted by Crippen LogP contribution is 2.31. The number of para-hydroxylation sites is 1. The van der Waals surface area contributed by atoms with Crippen molar-refractivity contribution < 1.29 is 14.3 Å². The Hall–Kier alpha value is -2.90. The Kier molecular flexibility index (Phi) is 7.82. The van der Waals surface area contributed by atoms with Crippen molar-refractivity contribution in [1.82, 2.24) is 10.2 Å². The summed E-state index contributed by atoms with van der Waals surface area (Å²) < 4.78 is 11.2. The Balaban J connectivity index is 1.74. The molecule has 0 atom stereocenters. The van der Waals surface area contributed by atoms with Crippen LogP contribution in [0, 0.1) is 0 Å². The van der Waals surface area contributed by atoms with Gasteiger partial charge in [-0.1, -0.05) is 60.5 Å². The molecule has 0 radical (unpaired) electrons. The molecule has 1 heterocycles. The molecule has 0 aliphatic rings. The van der Waals surface area contributed by atoms with Gasteiger partial charge in [-0.3, -0.25) is 4.79 Å². The van der Waals surface area contributed by atoms with Gasteiger partial charge < -0.3 is 14.8 Å². The average molecular weight is 444 g/mol.